The SMILES string of the molecule is CCC(C(=O)O)S(F)(F)c1ccc(-c2ccccc2OC(C)C)cc1. The Labute approximate surface area is 148 Å². The van der Waals surface area contributed by atoms with Crippen LogP contribution in [0.25, 0.3) is 11.1 Å². The van der Waals surface area contributed by atoms with E-state index in [1.807, 2.05) is 38.1 Å². The Bertz CT molecular complexity index is 730. The van der Waals surface area contributed by atoms with E-state index < -0.39 is 22.0 Å². The average Bonchev–Trinajstić information content (AvgIpc) is 2.55. The number of benzene rings is 2. The van der Waals surface area contributed by atoms with Crippen LogP contribution in [0.4, 0.5) is 7.77 Å². The highest BCUT2D eigenvalue weighted by atomic mass is 32.3. The maximum absolute atomic E-state index is 14.5. The fourth-order valence-electron chi connectivity index (χ4n) is 2.55. The van der Waals surface area contributed by atoms with Crippen molar-refractivity contribution in [2.24, 2.45) is 0 Å². The first-order chi connectivity index (χ1) is 11.8. The lowest BCUT2D eigenvalue weighted by molar-refractivity contribution is -0.136. The lowest BCUT2D eigenvalue weighted by atomic mass is 10.0. The third kappa shape index (κ3) is 4.31. The summed E-state index contributed by atoms with van der Waals surface area (Å²) in [6.07, 6.45) is -0.111. The number of aliphatic carboxylic acids is 1. The van der Waals surface area contributed by atoms with Crippen LogP contribution in [-0.2, 0) is 4.79 Å². The van der Waals surface area contributed by atoms with Crippen molar-refractivity contribution in [3.8, 4) is 16.9 Å². The molecule has 2 rings (SSSR count). The molecule has 0 heterocycles. The van der Waals surface area contributed by atoms with E-state index in [0.29, 0.717) is 5.75 Å². The molecule has 0 spiro atoms. The minimum Gasteiger partial charge on any atom is -0.490 e. The molecule has 1 unspecified atom stereocenters. The number of carbonyl (C=O) groups is 1. The number of hydrogen-bond donors (Lipinski definition) is 1. The summed E-state index contributed by atoms with van der Waals surface area (Å²) in [4.78, 5) is 10.9. The van der Waals surface area contributed by atoms with Crippen molar-refractivity contribution in [1.29, 1.82) is 0 Å². The molecule has 0 saturated heterocycles. The molecule has 0 aliphatic carbocycles. The quantitative estimate of drug-likeness (QED) is 0.658. The van der Waals surface area contributed by atoms with Gasteiger partial charge in [0, 0.05) is 10.5 Å². The Balaban J connectivity index is 2.36. The molecule has 2 aromatic carbocycles. The standard InChI is InChI=1S/C19H22F2O3S/c1-4-18(19(22)23)25(20,21)15-11-9-14(10-12-15)16-7-5-6-8-17(16)24-13(2)3/h5-13,18H,4H2,1-3H3,(H,22,23). The Kier molecular flexibility index (Phi) is 6.06. The first kappa shape index (κ1) is 19.2. The molecule has 2 aromatic rings. The van der Waals surface area contributed by atoms with Gasteiger partial charge in [0.05, 0.1) is 16.9 Å². The molecule has 0 aliphatic rings. The number of carboxylic acid groups (broad SMARTS) is 1. The zero-order valence-electron chi connectivity index (χ0n) is 14.4. The summed E-state index contributed by atoms with van der Waals surface area (Å²) in [5, 5.41) is 7.39. The van der Waals surface area contributed by atoms with Gasteiger partial charge in [0.15, 0.2) is 0 Å². The van der Waals surface area contributed by atoms with Gasteiger partial charge in [-0.2, -0.15) is 7.77 Å². The van der Waals surface area contributed by atoms with Gasteiger partial charge in [-0.1, -0.05) is 37.3 Å². The zero-order chi connectivity index (χ0) is 18.6. The van der Waals surface area contributed by atoms with E-state index in [1.165, 1.54) is 19.1 Å². The Morgan fingerprint density at radius 2 is 1.72 bits per heavy atom. The fourth-order valence-corrected chi connectivity index (χ4v) is 4.05. The van der Waals surface area contributed by atoms with Crippen LogP contribution >= 0.6 is 10.8 Å². The van der Waals surface area contributed by atoms with Gasteiger partial charge in [-0.25, -0.2) is 0 Å². The second kappa shape index (κ2) is 7.87. The Morgan fingerprint density at radius 1 is 1.12 bits per heavy atom. The molecule has 0 saturated carbocycles. The van der Waals surface area contributed by atoms with Gasteiger partial charge >= 0.3 is 5.97 Å². The lowest BCUT2D eigenvalue weighted by Gasteiger charge is -2.27. The van der Waals surface area contributed by atoms with Gasteiger partial charge in [-0.05, 0) is 44.0 Å². The fraction of sp³-hybridized carbons (Fsp3) is 0.316. The average molecular weight is 368 g/mol. The summed E-state index contributed by atoms with van der Waals surface area (Å²) in [6.45, 7) is 5.30. The van der Waals surface area contributed by atoms with Crippen LogP contribution in [0.1, 0.15) is 27.2 Å². The summed E-state index contributed by atoms with van der Waals surface area (Å²) >= 11 is 0. The summed E-state index contributed by atoms with van der Waals surface area (Å²) in [7, 11) is -4.41. The van der Waals surface area contributed by atoms with Crippen LogP contribution in [0.15, 0.2) is 53.4 Å². The molecule has 0 fully saturated rings. The molecular weight excluding hydrogens is 346 g/mol. The second-order valence-corrected chi connectivity index (χ2v) is 7.99. The van der Waals surface area contributed by atoms with Crippen molar-refractivity contribution in [3.05, 3.63) is 48.5 Å². The second-order valence-electron chi connectivity index (χ2n) is 5.93. The summed E-state index contributed by atoms with van der Waals surface area (Å²) in [6, 6.07) is 13.2. The molecule has 1 N–H and O–H groups in total. The first-order valence-corrected chi connectivity index (χ1v) is 9.57. The minimum atomic E-state index is -4.41. The van der Waals surface area contributed by atoms with Crippen LogP contribution in [0.2, 0.25) is 0 Å². The van der Waals surface area contributed by atoms with Gasteiger partial charge in [-0.15, -0.1) is 0 Å². The highest BCUT2D eigenvalue weighted by molar-refractivity contribution is 8.26. The largest absolute Gasteiger partial charge is 0.490 e. The van der Waals surface area contributed by atoms with Crippen LogP contribution in [0.5, 0.6) is 5.75 Å². The molecule has 25 heavy (non-hydrogen) atoms. The number of halogens is 2. The van der Waals surface area contributed by atoms with Crippen molar-refractivity contribution < 1.29 is 22.4 Å². The predicted molar refractivity (Wildman–Crippen MR) is 97.4 cm³/mol. The normalized spacial score (nSPS) is 13.5. The van der Waals surface area contributed by atoms with Gasteiger partial charge in [-0.3, -0.25) is 4.79 Å². The van der Waals surface area contributed by atoms with Crippen molar-refractivity contribution in [2.75, 3.05) is 0 Å². The van der Waals surface area contributed by atoms with E-state index in [2.05, 4.69) is 0 Å². The highest BCUT2D eigenvalue weighted by Crippen LogP contribution is 2.63. The van der Waals surface area contributed by atoms with Crippen LogP contribution in [-0.4, -0.2) is 22.4 Å². The summed E-state index contributed by atoms with van der Waals surface area (Å²) in [5.74, 6) is -0.774. The van der Waals surface area contributed by atoms with Gasteiger partial charge in [0.1, 0.15) is 11.0 Å². The molecule has 0 aromatic heterocycles. The molecule has 0 aliphatic heterocycles. The van der Waals surface area contributed by atoms with Gasteiger partial charge < -0.3 is 9.84 Å². The molecule has 3 nitrogen and oxygen atoms in total. The number of ether oxygens (including phenoxy) is 1. The van der Waals surface area contributed by atoms with Crippen LogP contribution in [0, 0.1) is 0 Å². The smallest absolute Gasteiger partial charge is 0.320 e. The molecule has 0 radical (unpaired) electrons. The van der Waals surface area contributed by atoms with Crippen LogP contribution in [0.3, 0.4) is 0 Å². The Hall–Kier alpha value is -2.08. The number of para-hydroxylation sites is 1. The third-order valence-corrected chi connectivity index (χ3v) is 5.88. The van der Waals surface area contributed by atoms with E-state index in [4.69, 9.17) is 9.84 Å². The monoisotopic (exact) mass is 368 g/mol. The number of hydrogen-bond acceptors (Lipinski definition) is 2. The molecule has 6 heteroatoms. The number of carboxylic acids is 1. The summed E-state index contributed by atoms with van der Waals surface area (Å²) in [5.41, 5.74) is 1.56. The zero-order valence-corrected chi connectivity index (χ0v) is 15.2. The van der Waals surface area contributed by atoms with E-state index >= 15 is 0 Å². The van der Waals surface area contributed by atoms with Crippen molar-refractivity contribution >= 4 is 16.8 Å². The van der Waals surface area contributed by atoms with E-state index in [-0.39, 0.29) is 17.4 Å². The molecular formula is C19H22F2O3S. The van der Waals surface area contributed by atoms with Crippen LogP contribution < -0.4 is 4.74 Å². The Morgan fingerprint density at radius 3 is 2.24 bits per heavy atom. The summed E-state index contributed by atoms with van der Waals surface area (Å²) < 4.78 is 34.8. The number of rotatable bonds is 7. The first-order valence-electron chi connectivity index (χ1n) is 8.07. The van der Waals surface area contributed by atoms with E-state index in [9.17, 15) is 12.6 Å². The third-order valence-electron chi connectivity index (χ3n) is 3.73. The molecule has 0 amide bonds. The molecule has 1 atom stereocenters. The van der Waals surface area contributed by atoms with Gasteiger partial charge in [0.25, 0.3) is 0 Å². The maximum Gasteiger partial charge on any atom is 0.320 e. The van der Waals surface area contributed by atoms with E-state index in [1.54, 1.807) is 12.1 Å². The minimum absolute atomic E-state index is 0.00456. The lowest BCUT2D eigenvalue weighted by Crippen LogP contribution is -2.22. The van der Waals surface area contributed by atoms with Crippen molar-refractivity contribution in [2.45, 2.75) is 43.4 Å². The van der Waals surface area contributed by atoms with Gasteiger partial charge in [0.2, 0.25) is 0 Å². The maximum atomic E-state index is 14.5. The van der Waals surface area contributed by atoms with Crippen molar-refractivity contribution in [1.82, 2.24) is 0 Å². The predicted octanol–water partition coefficient (Wildman–Crippen LogP) is 5.94. The highest BCUT2D eigenvalue weighted by Gasteiger charge is 2.40. The molecule has 136 valence electrons. The van der Waals surface area contributed by atoms with Crippen molar-refractivity contribution in [3.63, 3.8) is 0 Å². The topological polar surface area (TPSA) is 46.5 Å². The molecule has 0 bridgehead atoms. The van der Waals surface area contributed by atoms with E-state index in [0.717, 1.165) is 11.1 Å².